The molecule has 0 aliphatic carbocycles. The number of hydrogen-bond acceptors (Lipinski definition) is 2. The van der Waals surface area contributed by atoms with Crippen LogP contribution < -0.4 is 5.73 Å². The Bertz CT molecular complexity index is 370. The molecule has 0 aliphatic heterocycles. The number of rotatable bonds is 4. The van der Waals surface area contributed by atoms with Crippen LogP contribution in [0.3, 0.4) is 0 Å². The van der Waals surface area contributed by atoms with Crippen molar-refractivity contribution in [1.82, 2.24) is 0 Å². The van der Waals surface area contributed by atoms with Gasteiger partial charge in [-0.15, -0.1) is 0 Å². The quantitative estimate of drug-likeness (QED) is 0.895. The minimum absolute atomic E-state index is 0.00640. The second-order valence-electron chi connectivity index (χ2n) is 4.30. The Morgan fingerprint density at radius 3 is 2.62 bits per heavy atom. The first-order valence-corrected chi connectivity index (χ1v) is 6.03. The van der Waals surface area contributed by atoms with Gasteiger partial charge in [0.05, 0.1) is 0 Å². The summed E-state index contributed by atoms with van der Waals surface area (Å²) in [7, 11) is 0. The molecule has 2 nitrogen and oxygen atoms in total. The number of halogens is 2. The topological polar surface area (TPSA) is 46.2 Å². The van der Waals surface area contributed by atoms with E-state index in [1.54, 1.807) is 12.1 Å². The van der Waals surface area contributed by atoms with Crippen molar-refractivity contribution in [1.29, 1.82) is 0 Å². The molecule has 90 valence electrons. The molecule has 16 heavy (non-hydrogen) atoms. The van der Waals surface area contributed by atoms with Gasteiger partial charge in [0.2, 0.25) is 0 Å². The number of hydrogen-bond donors (Lipinski definition) is 2. The summed E-state index contributed by atoms with van der Waals surface area (Å²) in [5.74, 6) is -0.289. The molecule has 1 aromatic rings. The van der Waals surface area contributed by atoms with E-state index < -0.39 is 5.41 Å². The van der Waals surface area contributed by atoms with Gasteiger partial charge in [0.25, 0.3) is 0 Å². The highest BCUT2D eigenvalue weighted by Gasteiger charge is 2.32. The summed E-state index contributed by atoms with van der Waals surface area (Å²) in [4.78, 5) is 0. The fourth-order valence-electron chi connectivity index (χ4n) is 1.79. The highest BCUT2D eigenvalue weighted by atomic mass is 79.9. The van der Waals surface area contributed by atoms with Crippen LogP contribution in [0.4, 0.5) is 4.39 Å². The van der Waals surface area contributed by atoms with Gasteiger partial charge in [0, 0.05) is 22.5 Å². The van der Waals surface area contributed by atoms with Crippen molar-refractivity contribution >= 4 is 15.9 Å². The summed E-state index contributed by atoms with van der Waals surface area (Å²) in [5, 5.41) is 9.07. The zero-order chi connectivity index (χ0) is 12.3. The van der Waals surface area contributed by atoms with Crippen LogP contribution in [0.15, 0.2) is 22.7 Å². The van der Waals surface area contributed by atoms with Gasteiger partial charge in [-0.2, -0.15) is 0 Å². The van der Waals surface area contributed by atoms with Gasteiger partial charge in [-0.25, -0.2) is 4.39 Å². The van der Waals surface area contributed by atoms with Gasteiger partial charge in [0.1, 0.15) is 5.82 Å². The molecule has 0 bridgehead atoms. The fraction of sp³-hybridized carbons (Fsp3) is 0.500. The average molecular weight is 290 g/mol. The van der Waals surface area contributed by atoms with E-state index in [-0.39, 0.29) is 18.5 Å². The van der Waals surface area contributed by atoms with E-state index in [2.05, 4.69) is 15.9 Å². The number of nitrogens with two attached hydrogens (primary N) is 1. The molecule has 0 saturated heterocycles. The molecule has 3 N–H and O–H groups in total. The second kappa shape index (κ2) is 5.25. The molecule has 0 amide bonds. The van der Waals surface area contributed by atoms with Crippen molar-refractivity contribution in [2.75, 3.05) is 6.61 Å². The predicted molar refractivity (Wildman–Crippen MR) is 66.8 cm³/mol. The van der Waals surface area contributed by atoms with Crippen molar-refractivity contribution in [2.45, 2.75) is 31.7 Å². The van der Waals surface area contributed by atoms with Gasteiger partial charge in [-0.1, -0.05) is 28.9 Å². The smallest absolute Gasteiger partial charge is 0.128 e. The maximum Gasteiger partial charge on any atom is 0.128 e. The minimum atomic E-state index is -0.542. The average Bonchev–Trinajstić information content (AvgIpc) is 2.17. The molecule has 0 fully saturated rings. The first kappa shape index (κ1) is 13.6. The molecule has 2 unspecified atom stereocenters. The van der Waals surface area contributed by atoms with Gasteiger partial charge in [-0.3, -0.25) is 0 Å². The van der Waals surface area contributed by atoms with E-state index in [0.29, 0.717) is 16.5 Å². The van der Waals surface area contributed by atoms with Crippen LogP contribution in [-0.2, 0) is 5.41 Å². The van der Waals surface area contributed by atoms with Crippen molar-refractivity contribution in [2.24, 2.45) is 5.73 Å². The van der Waals surface area contributed by atoms with Crippen molar-refractivity contribution < 1.29 is 9.50 Å². The Balaban J connectivity index is 3.21. The maximum atomic E-state index is 13.9. The van der Waals surface area contributed by atoms with Gasteiger partial charge in [-0.05, 0) is 31.0 Å². The van der Waals surface area contributed by atoms with E-state index in [0.717, 1.165) is 0 Å². The zero-order valence-electron chi connectivity index (χ0n) is 9.50. The highest BCUT2D eigenvalue weighted by Crippen LogP contribution is 2.33. The molecule has 0 saturated carbocycles. The lowest BCUT2D eigenvalue weighted by Crippen LogP contribution is -2.42. The standard InChI is InChI=1S/C12H17BrFNO/c1-8(15)12(2,5-6-16)10-4-3-9(13)7-11(10)14/h3-4,7-8,16H,5-6,15H2,1-2H3. The SMILES string of the molecule is CC(N)C(C)(CCO)c1ccc(Br)cc1F. The Hall–Kier alpha value is -0.450. The van der Waals surface area contributed by atoms with Gasteiger partial charge >= 0.3 is 0 Å². The van der Waals surface area contributed by atoms with Crippen LogP contribution in [0.2, 0.25) is 0 Å². The summed E-state index contributed by atoms with van der Waals surface area (Å²) in [6.07, 6.45) is 0.448. The molecule has 0 aliphatic rings. The van der Waals surface area contributed by atoms with Crippen LogP contribution in [0, 0.1) is 5.82 Å². The maximum absolute atomic E-state index is 13.9. The number of aliphatic hydroxyl groups excluding tert-OH is 1. The third kappa shape index (κ3) is 2.62. The molecular formula is C12H17BrFNO. The summed E-state index contributed by atoms with van der Waals surface area (Å²) < 4.78 is 14.6. The van der Waals surface area contributed by atoms with E-state index in [4.69, 9.17) is 10.8 Å². The third-order valence-electron chi connectivity index (χ3n) is 3.18. The predicted octanol–water partition coefficient (Wildman–Crippen LogP) is 2.58. The minimum Gasteiger partial charge on any atom is -0.396 e. The lowest BCUT2D eigenvalue weighted by molar-refractivity contribution is 0.226. The number of benzene rings is 1. The van der Waals surface area contributed by atoms with E-state index >= 15 is 0 Å². The van der Waals surface area contributed by atoms with Crippen molar-refractivity contribution in [3.05, 3.63) is 34.1 Å². The van der Waals surface area contributed by atoms with E-state index in [9.17, 15) is 4.39 Å². The first-order chi connectivity index (χ1) is 7.41. The first-order valence-electron chi connectivity index (χ1n) is 5.24. The molecule has 0 aromatic heterocycles. The summed E-state index contributed by atoms with van der Waals surface area (Å²) >= 11 is 3.22. The van der Waals surface area contributed by atoms with Crippen LogP contribution in [0.1, 0.15) is 25.8 Å². The summed E-state index contributed by atoms with van der Waals surface area (Å²) in [5.41, 5.74) is 5.92. The fourth-order valence-corrected chi connectivity index (χ4v) is 2.13. The van der Waals surface area contributed by atoms with E-state index in [1.165, 1.54) is 6.07 Å². The van der Waals surface area contributed by atoms with Gasteiger partial charge in [0.15, 0.2) is 0 Å². The van der Waals surface area contributed by atoms with Crippen molar-refractivity contribution in [3.63, 3.8) is 0 Å². The molecule has 4 heteroatoms. The molecule has 0 heterocycles. The van der Waals surface area contributed by atoms with Crippen LogP contribution >= 0.6 is 15.9 Å². The van der Waals surface area contributed by atoms with Gasteiger partial charge < -0.3 is 10.8 Å². The molecule has 1 rings (SSSR count). The molecule has 2 atom stereocenters. The summed E-state index contributed by atoms with van der Waals surface area (Å²) in [6.45, 7) is 3.70. The second-order valence-corrected chi connectivity index (χ2v) is 5.22. The van der Waals surface area contributed by atoms with E-state index in [1.807, 2.05) is 13.8 Å². The molecule has 0 radical (unpaired) electrons. The Morgan fingerprint density at radius 1 is 1.56 bits per heavy atom. The highest BCUT2D eigenvalue weighted by molar-refractivity contribution is 9.10. The number of aliphatic hydroxyl groups is 1. The lowest BCUT2D eigenvalue weighted by Gasteiger charge is -2.34. The Kier molecular flexibility index (Phi) is 4.47. The van der Waals surface area contributed by atoms with Crippen LogP contribution in [0.25, 0.3) is 0 Å². The third-order valence-corrected chi connectivity index (χ3v) is 3.68. The van der Waals surface area contributed by atoms with Crippen molar-refractivity contribution in [3.8, 4) is 0 Å². The zero-order valence-corrected chi connectivity index (χ0v) is 11.1. The molecular weight excluding hydrogens is 273 g/mol. The summed E-state index contributed by atoms with van der Waals surface area (Å²) in [6, 6.07) is 4.71. The Labute approximate surface area is 104 Å². The van der Waals surface area contributed by atoms with Crippen LogP contribution in [-0.4, -0.2) is 17.8 Å². The lowest BCUT2D eigenvalue weighted by atomic mass is 9.74. The monoisotopic (exact) mass is 289 g/mol. The Morgan fingerprint density at radius 2 is 2.19 bits per heavy atom. The van der Waals surface area contributed by atoms with Crippen LogP contribution in [0.5, 0.6) is 0 Å². The largest absolute Gasteiger partial charge is 0.396 e. The molecule has 1 aromatic carbocycles. The normalized spacial score (nSPS) is 16.9. The molecule has 0 spiro atoms.